The molecular weight excluding hydrogens is 180 g/mol. The fourth-order valence-electron chi connectivity index (χ4n) is 1.37. The van der Waals surface area contributed by atoms with Crippen molar-refractivity contribution in [3.05, 3.63) is 24.0 Å². The molecule has 2 aromatic rings. The maximum atomic E-state index is 5.11. The van der Waals surface area contributed by atoms with Crippen LogP contribution in [0.5, 0.6) is 5.75 Å². The second kappa shape index (κ2) is 3.67. The number of nitrogens with zero attached hydrogens (tertiary/aromatic N) is 1. The SMILES string of the molecule is COCc1nc2ccc(OC)cc2[nH]1. The van der Waals surface area contributed by atoms with Crippen LogP contribution in [0.3, 0.4) is 0 Å². The molecular formula is C10H12N2O2. The fourth-order valence-corrected chi connectivity index (χ4v) is 1.37. The van der Waals surface area contributed by atoms with Crippen LogP contribution in [-0.4, -0.2) is 24.2 Å². The van der Waals surface area contributed by atoms with Crippen LogP contribution in [0.15, 0.2) is 18.2 Å². The van der Waals surface area contributed by atoms with E-state index in [1.54, 1.807) is 14.2 Å². The van der Waals surface area contributed by atoms with Gasteiger partial charge in [-0.15, -0.1) is 0 Å². The number of fused-ring (bicyclic) bond motifs is 1. The van der Waals surface area contributed by atoms with E-state index >= 15 is 0 Å². The Labute approximate surface area is 81.9 Å². The van der Waals surface area contributed by atoms with Gasteiger partial charge in [-0.1, -0.05) is 0 Å². The van der Waals surface area contributed by atoms with Crippen molar-refractivity contribution in [2.24, 2.45) is 0 Å². The van der Waals surface area contributed by atoms with Gasteiger partial charge in [0.15, 0.2) is 0 Å². The van der Waals surface area contributed by atoms with E-state index in [1.807, 2.05) is 18.2 Å². The Morgan fingerprint density at radius 2 is 2.21 bits per heavy atom. The minimum atomic E-state index is 0.497. The van der Waals surface area contributed by atoms with Crippen LogP contribution in [0.1, 0.15) is 5.82 Å². The van der Waals surface area contributed by atoms with Gasteiger partial charge in [-0.3, -0.25) is 0 Å². The highest BCUT2D eigenvalue weighted by molar-refractivity contribution is 5.76. The van der Waals surface area contributed by atoms with Gasteiger partial charge < -0.3 is 14.5 Å². The Morgan fingerprint density at radius 1 is 1.36 bits per heavy atom. The van der Waals surface area contributed by atoms with E-state index in [9.17, 15) is 0 Å². The number of methoxy groups -OCH3 is 2. The first-order chi connectivity index (χ1) is 6.83. The van der Waals surface area contributed by atoms with Crippen LogP contribution in [-0.2, 0) is 11.3 Å². The topological polar surface area (TPSA) is 47.1 Å². The minimum absolute atomic E-state index is 0.497. The molecule has 1 aromatic carbocycles. The molecule has 2 rings (SSSR count). The van der Waals surface area contributed by atoms with Crippen molar-refractivity contribution in [3.63, 3.8) is 0 Å². The lowest BCUT2D eigenvalue weighted by atomic mass is 10.3. The largest absolute Gasteiger partial charge is 0.497 e. The lowest BCUT2D eigenvalue weighted by Gasteiger charge is -1.96. The number of ether oxygens (including phenoxy) is 2. The summed E-state index contributed by atoms with van der Waals surface area (Å²) >= 11 is 0. The van der Waals surface area contributed by atoms with Crippen LogP contribution in [0, 0.1) is 0 Å². The van der Waals surface area contributed by atoms with Crippen LogP contribution in [0.2, 0.25) is 0 Å². The first-order valence-corrected chi connectivity index (χ1v) is 4.35. The van der Waals surface area contributed by atoms with E-state index < -0.39 is 0 Å². The lowest BCUT2D eigenvalue weighted by Crippen LogP contribution is -1.88. The normalized spacial score (nSPS) is 10.7. The maximum absolute atomic E-state index is 5.11. The summed E-state index contributed by atoms with van der Waals surface area (Å²) in [5, 5.41) is 0. The van der Waals surface area contributed by atoms with Gasteiger partial charge in [-0.25, -0.2) is 4.98 Å². The summed E-state index contributed by atoms with van der Waals surface area (Å²) in [6, 6.07) is 5.73. The molecule has 0 saturated heterocycles. The van der Waals surface area contributed by atoms with E-state index in [2.05, 4.69) is 9.97 Å². The van der Waals surface area contributed by atoms with E-state index in [0.717, 1.165) is 22.6 Å². The number of aromatic amines is 1. The van der Waals surface area contributed by atoms with Gasteiger partial charge in [-0.2, -0.15) is 0 Å². The second-order valence-electron chi connectivity index (χ2n) is 3.00. The van der Waals surface area contributed by atoms with Crippen molar-refractivity contribution in [1.29, 1.82) is 0 Å². The molecule has 4 nitrogen and oxygen atoms in total. The Hall–Kier alpha value is -1.55. The van der Waals surface area contributed by atoms with Crippen LogP contribution in [0.25, 0.3) is 11.0 Å². The Kier molecular flexibility index (Phi) is 2.37. The van der Waals surface area contributed by atoms with E-state index in [4.69, 9.17) is 9.47 Å². The smallest absolute Gasteiger partial charge is 0.133 e. The number of hydrogen-bond acceptors (Lipinski definition) is 3. The first-order valence-electron chi connectivity index (χ1n) is 4.35. The number of rotatable bonds is 3. The minimum Gasteiger partial charge on any atom is -0.497 e. The van der Waals surface area contributed by atoms with Gasteiger partial charge in [0.25, 0.3) is 0 Å². The van der Waals surface area contributed by atoms with Crippen molar-refractivity contribution in [3.8, 4) is 5.75 Å². The summed E-state index contributed by atoms with van der Waals surface area (Å²) in [6.07, 6.45) is 0. The molecule has 14 heavy (non-hydrogen) atoms. The molecule has 74 valence electrons. The molecule has 0 aliphatic rings. The molecule has 0 spiro atoms. The zero-order valence-electron chi connectivity index (χ0n) is 8.20. The molecule has 1 heterocycles. The number of imidazole rings is 1. The lowest BCUT2D eigenvalue weighted by molar-refractivity contribution is 0.179. The Balaban J connectivity index is 2.43. The van der Waals surface area contributed by atoms with Gasteiger partial charge in [-0.05, 0) is 12.1 Å². The van der Waals surface area contributed by atoms with E-state index in [-0.39, 0.29) is 0 Å². The van der Waals surface area contributed by atoms with Gasteiger partial charge in [0.2, 0.25) is 0 Å². The average molecular weight is 192 g/mol. The zero-order valence-corrected chi connectivity index (χ0v) is 8.20. The van der Waals surface area contributed by atoms with Gasteiger partial charge in [0, 0.05) is 13.2 Å². The third-order valence-corrected chi connectivity index (χ3v) is 2.02. The highest BCUT2D eigenvalue weighted by Gasteiger charge is 2.02. The summed E-state index contributed by atoms with van der Waals surface area (Å²) in [7, 11) is 3.29. The molecule has 0 radical (unpaired) electrons. The third kappa shape index (κ3) is 1.56. The molecule has 0 aliphatic heterocycles. The maximum Gasteiger partial charge on any atom is 0.133 e. The molecule has 1 N–H and O–H groups in total. The first kappa shape index (κ1) is 9.02. The van der Waals surface area contributed by atoms with Crippen molar-refractivity contribution in [2.75, 3.05) is 14.2 Å². The predicted octanol–water partition coefficient (Wildman–Crippen LogP) is 1.72. The average Bonchev–Trinajstić information content (AvgIpc) is 2.59. The Morgan fingerprint density at radius 3 is 2.93 bits per heavy atom. The summed E-state index contributed by atoms with van der Waals surface area (Å²) in [6.45, 7) is 0.497. The quantitative estimate of drug-likeness (QED) is 0.805. The van der Waals surface area contributed by atoms with Crippen LogP contribution in [0.4, 0.5) is 0 Å². The van der Waals surface area contributed by atoms with Crippen LogP contribution < -0.4 is 4.74 Å². The third-order valence-electron chi connectivity index (χ3n) is 2.02. The highest BCUT2D eigenvalue weighted by Crippen LogP contribution is 2.18. The van der Waals surface area contributed by atoms with Gasteiger partial charge in [0.1, 0.15) is 18.2 Å². The molecule has 0 atom stereocenters. The second-order valence-corrected chi connectivity index (χ2v) is 3.00. The summed E-state index contributed by atoms with van der Waals surface area (Å²) in [4.78, 5) is 7.50. The van der Waals surface area contributed by atoms with E-state index in [0.29, 0.717) is 6.61 Å². The monoisotopic (exact) mass is 192 g/mol. The molecule has 0 unspecified atom stereocenters. The molecule has 4 heteroatoms. The molecule has 0 fully saturated rings. The number of hydrogen-bond donors (Lipinski definition) is 1. The molecule has 0 bridgehead atoms. The number of benzene rings is 1. The summed E-state index contributed by atoms with van der Waals surface area (Å²) in [5.41, 5.74) is 1.90. The van der Waals surface area contributed by atoms with Crippen molar-refractivity contribution >= 4 is 11.0 Å². The number of H-pyrrole nitrogens is 1. The molecule has 0 amide bonds. The predicted molar refractivity (Wildman–Crippen MR) is 53.4 cm³/mol. The summed E-state index contributed by atoms with van der Waals surface area (Å²) in [5.74, 6) is 1.65. The molecule has 1 aromatic heterocycles. The molecule has 0 aliphatic carbocycles. The highest BCUT2D eigenvalue weighted by atomic mass is 16.5. The van der Waals surface area contributed by atoms with Gasteiger partial charge in [0.05, 0.1) is 18.1 Å². The fraction of sp³-hybridized carbons (Fsp3) is 0.300. The molecule has 0 saturated carbocycles. The number of nitrogens with one attached hydrogen (secondary N) is 1. The van der Waals surface area contributed by atoms with E-state index in [1.165, 1.54) is 0 Å². The van der Waals surface area contributed by atoms with Crippen molar-refractivity contribution in [1.82, 2.24) is 9.97 Å². The standard InChI is InChI=1S/C10H12N2O2/c1-13-6-10-11-8-4-3-7(14-2)5-9(8)12-10/h3-5H,6H2,1-2H3,(H,11,12). The van der Waals surface area contributed by atoms with Crippen LogP contribution >= 0.6 is 0 Å². The number of aromatic nitrogens is 2. The van der Waals surface area contributed by atoms with Crippen molar-refractivity contribution in [2.45, 2.75) is 6.61 Å². The Bertz CT molecular complexity index is 437. The van der Waals surface area contributed by atoms with Crippen molar-refractivity contribution < 1.29 is 9.47 Å². The van der Waals surface area contributed by atoms with Gasteiger partial charge >= 0.3 is 0 Å². The zero-order chi connectivity index (χ0) is 9.97. The summed E-state index contributed by atoms with van der Waals surface area (Å²) < 4.78 is 10.1.